The molecule has 0 unspecified atom stereocenters. The Kier molecular flexibility index (Phi) is 3.66. The minimum Gasteiger partial charge on any atom is -0.454 e. The van der Waals surface area contributed by atoms with Gasteiger partial charge in [-0.1, -0.05) is 19.1 Å². The van der Waals surface area contributed by atoms with E-state index < -0.39 is 0 Å². The number of para-hydroxylation sites is 1. The van der Waals surface area contributed by atoms with E-state index in [0.717, 1.165) is 36.6 Å². The maximum atomic E-state index is 5.48. The zero-order valence-electron chi connectivity index (χ0n) is 10.8. The molecule has 0 radical (unpaired) electrons. The smallest absolute Gasteiger partial charge is 0.231 e. The summed E-state index contributed by atoms with van der Waals surface area (Å²) < 4.78 is 10.8. The van der Waals surface area contributed by atoms with Crippen molar-refractivity contribution in [2.75, 3.05) is 6.79 Å². The number of thiazole rings is 1. The van der Waals surface area contributed by atoms with E-state index in [1.807, 2.05) is 18.3 Å². The predicted octanol–water partition coefficient (Wildman–Crippen LogP) is 2.72. The number of aryl methyl sites for hydroxylation is 1. The summed E-state index contributed by atoms with van der Waals surface area (Å²) in [6.07, 6.45) is 2.95. The van der Waals surface area contributed by atoms with Gasteiger partial charge in [-0.15, -0.1) is 11.3 Å². The van der Waals surface area contributed by atoms with E-state index in [-0.39, 0.29) is 0 Å². The zero-order valence-corrected chi connectivity index (χ0v) is 11.6. The molecule has 0 atom stereocenters. The summed E-state index contributed by atoms with van der Waals surface area (Å²) in [7, 11) is 0. The van der Waals surface area contributed by atoms with Crippen LogP contribution in [0.4, 0.5) is 0 Å². The molecule has 1 aliphatic heterocycles. The Balaban J connectivity index is 1.59. The third-order valence-corrected chi connectivity index (χ3v) is 4.14. The van der Waals surface area contributed by atoms with Crippen LogP contribution in [0.3, 0.4) is 0 Å². The number of hydrogen-bond acceptors (Lipinski definition) is 5. The van der Waals surface area contributed by atoms with Crippen molar-refractivity contribution in [2.24, 2.45) is 0 Å². The lowest BCUT2D eigenvalue weighted by atomic mass is 10.2. The first-order valence-electron chi connectivity index (χ1n) is 6.38. The third kappa shape index (κ3) is 2.72. The van der Waals surface area contributed by atoms with Gasteiger partial charge in [0.2, 0.25) is 6.79 Å². The normalized spacial score (nSPS) is 12.9. The number of rotatable bonds is 5. The molecule has 4 nitrogen and oxygen atoms in total. The van der Waals surface area contributed by atoms with Gasteiger partial charge < -0.3 is 14.8 Å². The van der Waals surface area contributed by atoms with E-state index in [1.54, 1.807) is 11.3 Å². The van der Waals surface area contributed by atoms with Gasteiger partial charge in [0, 0.05) is 29.7 Å². The Morgan fingerprint density at radius 1 is 1.32 bits per heavy atom. The predicted molar refractivity (Wildman–Crippen MR) is 74.6 cm³/mol. The van der Waals surface area contributed by atoms with Crippen molar-refractivity contribution in [1.29, 1.82) is 0 Å². The number of ether oxygens (including phenoxy) is 2. The SMILES string of the molecule is CCc1ncc(CNCc2cccc3c2OCO3)s1. The Morgan fingerprint density at radius 3 is 3.11 bits per heavy atom. The Bertz CT molecular complexity index is 568. The van der Waals surface area contributed by atoms with Crippen molar-refractivity contribution in [1.82, 2.24) is 10.3 Å². The highest BCUT2D eigenvalue weighted by Gasteiger charge is 2.16. The van der Waals surface area contributed by atoms with Crippen LogP contribution in [0.2, 0.25) is 0 Å². The maximum Gasteiger partial charge on any atom is 0.231 e. The molecule has 0 bridgehead atoms. The molecule has 2 heterocycles. The summed E-state index contributed by atoms with van der Waals surface area (Å²) in [5.41, 5.74) is 1.13. The van der Waals surface area contributed by atoms with Gasteiger partial charge in [-0.2, -0.15) is 0 Å². The van der Waals surface area contributed by atoms with Crippen LogP contribution in [-0.4, -0.2) is 11.8 Å². The highest BCUT2D eigenvalue weighted by atomic mass is 32.1. The van der Waals surface area contributed by atoms with Gasteiger partial charge in [-0.25, -0.2) is 4.98 Å². The largest absolute Gasteiger partial charge is 0.454 e. The van der Waals surface area contributed by atoms with Gasteiger partial charge in [0.25, 0.3) is 0 Å². The number of nitrogens with zero attached hydrogens (tertiary/aromatic N) is 1. The van der Waals surface area contributed by atoms with Crippen LogP contribution in [0.25, 0.3) is 0 Å². The van der Waals surface area contributed by atoms with Crippen molar-refractivity contribution >= 4 is 11.3 Å². The fraction of sp³-hybridized carbons (Fsp3) is 0.357. The lowest BCUT2D eigenvalue weighted by Gasteiger charge is -2.06. The van der Waals surface area contributed by atoms with Crippen molar-refractivity contribution < 1.29 is 9.47 Å². The van der Waals surface area contributed by atoms with Crippen molar-refractivity contribution in [2.45, 2.75) is 26.4 Å². The standard InChI is InChI=1S/C14H16N2O2S/c1-2-13-16-8-11(19-13)7-15-6-10-4-3-5-12-14(10)18-9-17-12/h3-5,8,15H,2,6-7,9H2,1H3. The molecular formula is C14H16N2O2S. The minimum absolute atomic E-state index is 0.320. The van der Waals surface area contributed by atoms with Crippen LogP contribution in [0.15, 0.2) is 24.4 Å². The van der Waals surface area contributed by atoms with Crippen molar-refractivity contribution in [3.63, 3.8) is 0 Å². The van der Waals surface area contributed by atoms with Crippen LogP contribution in [0.5, 0.6) is 11.5 Å². The highest BCUT2D eigenvalue weighted by molar-refractivity contribution is 7.11. The molecule has 0 saturated heterocycles. The topological polar surface area (TPSA) is 43.4 Å². The molecule has 5 heteroatoms. The van der Waals surface area contributed by atoms with E-state index in [9.17, 15) is 0 Å². The molecule has 3 rings (SSSR count). The van der Waals surface area contributed by atoms with E-state index in [2.05, 4.69) is 23.3 Å². The molecule has 19 heavy (non-hydrogen) atoms. The molecule has 0 amide bonds. The lowest BCUT2D eigenvalue weighted by Crippen LogP contribution is -2.12. The minimum atomic E-state index is 0.320. The van der Waals surface area contributed by atoms with Gasteiger partial charge in [-0.3, -0.25) is 0 Å². The van der Waals surface area contributed by atoms with Gasteiger partial charge in [0.15, 0.2) is 11.5 Å². The monoisotopic (exact) mass is 276 g/mol. The number of aromatic nitrogens is 1. The Morgan fingerprint density at radius 2 is 2.26 bits per heavy atom. The average Bonchev–Trinajstić information content (AvgIpc) is 3.07. The van der Waals surface area contributed by atoms with Gasteiger partial charge in [0.05, 0.1) is 5.01 Å². The van der Waals surface area contributed by atoms with Gasteiger partial charge in [0.1, 0.15) is 0 Å². The average molecular weight is 276 g/mol. The molecule has 0 aliphatic carbocycles. The molecule has 0 fully saturated rings. The van der Waals surface area contributed by atoms with E-state index in [1.165, 1.54) is 9.88 Å². The second-order valence-electron chi connectivity index (χ2n) is 4.33. The number of nitrogens with one attached hydrogen (secondary N) is 1. The number of benzene rings is 1. The first-order chi connectivity index (χ1) is 9.36. The summed E-state index contributed by atoms with van der Waals surface area (Å²) in [5, 5.41) is 4.61. The van der Waals surface area contributed by atoms with E-state index in [4.69, 9.17) is 9.47 Å². The summed E-state index contributed by atoms with van der Waals surface area (Å²) in [6, 6.07) is 5.99. The van der Waals surface area contributed by atoms with Crippen LogP contribution in [0, 0.1) is 0 Å². The quantitative estimate of drug-likeness (QED) is 0.912. The van der Waals surface area contributed by atoms with Crippen LogP contribution in [0.1, 0.15) is 22.4 Å². The molecule has 1 N–H and O–H groups in total. The molecule has 0 saturated carbocycles. The summed E-state index contributed by atoms with van der Waals surface area (Å²) in [6.45, 7) is 4.05. The number of fused-ring (bicyclic) bond motifs is 1. The first-order valence-corrected chi connectivity index (χ1v) is 7.20. The zero-order chi connectivity index (χ0) is 13.1. The summed E-state index contributed by atoms with van der Waals surface area (Å²) in [5.74, 6) is 1.71. The third-order valence-electron chi connectivity index (χ3n) is 3.00. The second-order valence-corrected chi connectivity index (χ2v) is 5.53. The molecule has 0 spiro atoms. The van der Waals surface area contributed by atoms with Crippen LogP contribution >= 0.6 is 11.3 Å². The Hall–Kier alpha value is -1.59. The molecule has 100 valence electrons. The molecule has 1 aromatic carbocycles. The highest BCUT2D eigenvalue weighted by Crippen LogP contribution is 2.35. The summed E-state index contributed by atoms with van der Waals surface area (Å²) >= 11 is 1.76. The van der Waals surface area contributed by atoms with Crippen LogP contribution in [-0.2, 0) is 19.5 Å². The van der Waals surface area contributed by atoms with Crippen LogP contribution < -0.4 is 14.8 Å². The molecule has 2 aromatic rings. The maximum absolute atomic E-state index is 5.48. The second kappa shape index (κ2) is 5.59. The van der Waals surface area contributed by atoms with E-state index in [0.29, 0.717) is 6.79 Å². The fourth-order valence-electron chi connectivity index (χ4n) is 2.04. The fourth-order valence-corrected chi connectivity index (χ4v) is 2.88. The van der Waals surface area contributed by atoms with Crippen molar-refractivity contribution in [3.8, 4) is 11.5 Å². The Labute approximate surface area is 116 Å². The summed E-state index contributed by atoms with van der Waals surface area (Å²) in [4.78, 5) is 5.62. The molecule has 1 aromatic heterocycles. The van der Waals surface area contributed by atoms with E-state index >= 15 is 0 Å². The van der Waals surface area contributed by atoms with Gasteiger partial charge in [-0.05, 0) is 12.5 Å². The first kappa shape index (κ1) is 12.4. The molecule has 1 aliphatic rings. The van der Waals surface area contributed by atoms with Crippen molar-refractivity contribution in [3.05, 3.63) is 39.8 Å². The lowest BCUT2D eigenvalue weighted by molar-refractivity contribution is 0.173. The van der Waals surface area contributed by atoms with Gasteiger partial charge >= 0.3 is 0 Å². The molecular weight excluding hydrogens is 260 g/mol. The number of hydrogen-bond donors (Lipinski definition) is 1.